The Kier molecular flexibility index (Phi) is 3.68. The highest BCUT2D eigenvalue weighted by atomic mass is 32.1. The Morgan fingerprint density at radius 1 is 1.18 bits per heavy atom. The lowest BCUT2D eigenvalue weighted by atomic mass is 9.97. The zero-order valence-corrected chi connectivity index (χ0v) is 11.1. The van der Waals surface area contributed by atoms with Crippen molar-refractivity contribution in [2.24, 2.45) is 0 Å². The zero-order chi connectivity index (χ0) is 12.3. The zero-order valence-electron chi connectivity index (χ0n) is 10.3. The van der Waals surface area contributed by atoms with E-state index in [0.29, 0.717) is 0 Å². The van der Waals surface area contributed by atoms with Gasteiger partial charge in [-0.05, 0) is 49.1 Å². The summed E-state index contributed by atoms with van der Waals surface area (Å²) in [5, 5.41) is 11.4. The van der Waals surface area contributed by atoms with Crippen molar-refractivity contribution in [1.82, 2.24) is 14.8 Å². The number of aryl methyl sites for hydroxylation is 3. The number of benzene rings is 1. The molecule has 2 aromatic rings. The number of nitrogens with one attached hydrogen (secondary N) is 1. The van der Waals surface area contributed by atoms with E-state index in [0.717, 1.165) is 18.1 Å². The number of anilines is 1. The van der Waals surface area contributed by atoms with Crippen LogP contribution < -0.4 is 5.32 Å². The minimum Gasteiger partial charge on any atom is -0.359 e. The van der Waals surface area contributed by atoms with Crippen LogP contribution in [0.4, 0.5) is 5.13 Å². The average molecular weight is 248 g/mol. The normalized spacial score (nSPS) is 10.5. The van der Waals surface area contributed by atoms with Crippen LogP contribution in [0.3, 0.4) is 0 Å². The van der Waals surface area contributed by atoms with Crippen LogP contribution in [0.25, 0.3) is 0 Å². The fourth-order valence-electron chi connectivity index (χ4n) is 2.10. The van der Waals surface area contributed by atoms with Gasteiger partial charge in [0, 0.05) is 18.1 Å². The van der Waals surface area contributed by atoms with Gasteiger partial charge in [0.05, 0.1) is 0 Å². The highest BCUT2D eigenvalue weighted by Crippen LogP contribution is 2.17. The fraction of sp³-hybridized carbons (Fsp3) is 0.417. The molecule has 0 fully saturated rings. The standard InChI is InChI=1S/C12H16N4S/c1-8-6-9(2)11(10(3)7-8)4-5-13-12-14-15-16-17-12/h6-7H,4-5H2,1-3H3,(H,13,14,16). The number of nitrogens with zero attached hydrogens (tertiary/aromatic N) is 3. The molecule has 0 unspecified atom stereocenters. The molecule has 1 heterocycles. The summed E-state index contributed by atoms with van der Waals surface area (Å²) in [4.78, 5) is 0. The highest BCUT2D eigenvalue weighted by molar-refractivity contribution is 7.09. The molecule has 0 saturated carbocycles. The van der Waals surface area contributed by atoms with Crippen molar-refractivity contribution in [3.8, 4) is 0 Å². The van der Waals surface area contributed by atoms with Gasteiger partial charge in [-0.2, -0.15) is 0 Å². The largest absolute Gasteiger partial charge is 0.359 e. The molecule has 2 rings (SSSR count). The second-order valence-corrected chi connectivity index (χ2v) is 4.95. The summed E-state index contributed by atoms with van der Waals surface area (Å²) in [5.41, 5.74) is 5.46. The molecule has 0 atom stereocenters. The Hall–Kier alpha value is -1.49. The van der Waals surface area contributed by atoms with Gasteiger partial charge in [0.15, 0.2) is 0 Å². The van der Waals surface area contributed by atoms with Gasteiger partial charge in [-0.25, -0.2) is 0 Å². The first-order valence-corrected chi connectivity index (χ1v) is 6.40. The van der Waals surface area contributed by atoms with E-state index >= 15 is 0 Å². The highest BCUT2D eigenvalue weighted by Gasteiger charge is 2.04. The van der Waals surface area contributed by atoms with Gasteiger partial charge < -0.3 is 5.32 Å². The Labute approximate surface area is 105 Å². The van der Waals surface area contributed by atoms with Crippen LogP contribution in [0.2, 0.25) is 0 Å². The average Bonchev–Trinajstić information content (AvgIpc) is 2.74. The minimum atomic E-state index is 0.785. The lowest BCUT2D eigenvalue weighted by Crippen LogP contribution is -2.07. The maximum absolute atomic E-state index is 3.85. The molecule has 90 valence electrons. The number of rotatable bonds is 4. The predicted molar refractivity (Wildman–Crippen MR) is 70.6 cm³/mol. The summed E-state index contributed by atoms with van der Waals surface area (Å²) >= 11 is 1.29. The SMILES string of the molecule is Cc1cc(C)c(CCNc2nnns2)c(C)c1. The molecule has 0 aliphatic heterocycles. The van der Waals surface area contributed by atoms with Crippen LogP contribution >= 0.6 is 11.5 Å². The molecule has 0 aliphatic rings. The molecule has 0 saturated heterocycles. The molecule has 0 amide bonds. The lowest BCUT2D eigenvalue weighted by molar-refractivity contribution is 0.935. The molecule has 1 N–H and O–H groups in total. The van der Waals surface area contributed by atoms with E-state index in [1.807, 2.05) is 0 Å². The molecule has 0 spiro atoms. The molecule has 17 heavy (non-hydrogen) atoms. The van der Waals surface area contributed by atoms with Crippen LogP contribution in [0.1, 0.15) is 22.3 Å². The van der Waals surface area contributed by atoms with Crippen LogP contribution in [0, 0.1) is 20.8 Å². The first kappa shape index (κ1) is 12.0. The van der Waals surface area contributed by atoms with Gasteiger partial charge in [0.25, 0.3) is 0 Å². The third kappa shape index (κ3) is 3.00. The van der Waals surface area contributed by atoms with Crippen molar-refractivity contribution < 1.29 is 0 Å². The van der Waals surface area contributed by atoms with E-state index in [1.165, 1.54) is 33.8 Å². The van der Waals surface area contributed by atoms with Crippen LogP contribution in [-0.2, 0) is 6.42 Å². The summed E-state index contributed by atoms with van der Waals surface area (Å²) in [7, 11) is 0. The van der Waals surface area contributed by atoms with E-state index in [9.17, 15) is 0 Å². The monoisotopic (exact) mass is 248 g/mol. The lowest BCUT2D eigenvalue weighted by Gasteiger charge is -2.11. The Bertz CT molecular complexity index is 470. The van der Waals surface area contributed by atoms with Gasteiger partial charge in [-0.3, -0.25) is 0 Å². The summed E-state index contributed by atoms with van der Waals surface area (Å²) in [6.07, 6.45) is 0.998. The van der Waals surface area contributed by atoms with Crippen LogP contribution in [0.5, 0.6) is 0 Å². The van der Waals surface area contributed by atoms with Crippen molar-refractivity contribution in [1.29, 1.82) is 0 Å². The Morgan fingerprint density at radius 3 is 2.47 bits per heavy atom. The molecule has 0 bridgehead atoms. The van der Waals surface area contributed by atoms with Gasteiger partial charge in [0.1, 0.15) is 0 Å². The third-order valence-electron chi connectivity index (χ3n) is 2.79. The van der Waals surface area contributed by atoms with Crippen molar-refractivity contribution in [2.75, 3.05) is 11.9 Å². The molecule has 1 aromatic carbocycles. The molecule has 0 radical (unpaired) electrons. The second kappa shape index (κ2) is 5.23. The molecule has 0 aliphatic carbocycles. The maximum Gasteiger partial charge on any atom is 0.225 e. The van der Waals surface area contributed by atoms with Crippen molar-refractivity contribution in [3.63, 3.8) is 0 Å². The summed E-state index contributed by atoms with van der Waals surface area (Å²) < 4.78 is 3.71. The Balaban J connectivity index is 1.99. The summed E-state index contributed by atoms with van der Waals surface area (Å²) in [6, 6.07) is 4.46. The number of aromatic nitrogens is 3. The van der Waals surface area contributed by atoms with Gasteiger partial charge in [-0.15, -0.1) is 0 Å². The maximum atomic E-state index is 3.85. The molecule has 1 aromatic heterocycles. The summed E-state index contributed by atoms with van der Waals surface area (Å²) in [6.45, 7) is 7.33. The van der Waals surface area contributed by atoms with Crippen molar-refractivity contribution in [2.45, 2.75) is 27.2 Å². The number of hydrogen-bond donors (Lipinski definition) is 1. The van der Waals surface area contributed by atoms with Gasteiger partial charge >= 0.3 is 0 Å². The van der Waals surface area contributed by atoms with Crippen molar-refractivity contribution in [3.05, 3.63) is 34.4 Å². The van der Waals surface area contributed by atoms with E-state index in [1.54, 1.807) is 0 Å². The molecule has 5 heteroatoms. The van der Waals surface area contributed by atoms with Crippen LogP contribution in [0.15, 0.2) is 12.1 Å². The number of hydrogen-bond acceptors (Lipinski definition) is 5. The van der Waals surface area contributed by atoms with E-state index in [2.05, 4.69) is 53.0 Å². The van der Waals surface area contributed by atoms with Gasteiger partial charge in [0.2, 0.25) is 5.13 Å². The molecule has 4 nitrogen and oxygen atoms in total. The minimum absolute atomic E-state index is 0.785. The quantitative estimate of drug-likeness (QED) is 0.903. The topological polar surface area (TPSA) is 50.7 Å². The first-order valence-electron chi connectivity index (χ1n) is 5.62. The second-order valence-electron chi connectivity index (χ2n) is 4.22. The molecular formula is C12H16N4S. The van der Waals surface area contributed by atoms with Gasteiger partial charge in [-0.1, -0.05) is 27.3 Å². The predicted octanol–water partition coefficient (Wildman–Crippen LogP) is 2.51. The van der Waals surface area contributed by atoms with Crippen molar-refractivity contribution >= 4 is 16.7 Å². The fourth-order valence-corrected chi connectivity index (χ4v) is 2.49. The molecular weight excluding hydrogens is 232 g/mol. The van der Waals surface area contributed by atoms with Crippen LogP contribution in [-0.4, -0.2) is 21.3 Å². The van der Waals surface area contributed by atoms with E-state index in [-0.39, 0.29) is 0 Å². The smallest absolute Gasteiger partial charge is 0.225 e. The third-order valence-corrected chi connectivity index (χ3v) is 3.34. The van der Waals surface area contributed by atoms with E-state index < -0.39 is 0 Å². The summed E-state index contributed by atoms with van der Waals surface area (Å²) in [5.74, 6) is 0. The Morgan fingerprint density at radius 2 is 1.88 bits per heavy atom. The first-order chi connectivity index (χ1) is 8.16. The van der Waals surface area contributed by atoms with E-state index in [4.69, 9.17) is 0 Å².